The largest absolute Gasteiger partial charge is 0.497 e. The monoisotopic (exact) mass is 464 g/mol. The first-order valence-electron chi connectivity index (χ1n) is 8.73. The highest BCUT2D eigenvalue weighted by molar-refractivity contribution is 7.92. The predicted molar refractivity (Wildman–Crippen MR) is 119 cm³/mol. The maximum absolute atomic E-state index is 12.9. The number of carbonyl (C=O) groups is 1. The molecule has 0 fully saturated rings. The minimum absolute atomic E-state index is 0.0355. The van der Waals surface area contributed by atoms with Gasteiger partial charge in [0.15, 0.2) is 0 Å². The van der Waals surface area contributed by atoms with E-state index in [1.54, 1.807) is 49.4 Å². The van der Waals surface area contributed by atoms with Crippen LogP contribution in [-0.4, -0.2) is 21.4 Å². The van der Waals surface area contributed by atoms with Gasteiger partial charge in [-0.05, 0) is 67.1 Å². The van der Waals surface area contributed by atoms with E-state index >= 15 is 0 Å². The molecule has 0 atom stereocenters. The molecule has 0 spiro atoms. The summed E-state index contributed by atoms with van der Waals surface area (Å²) < 4.78 is 33.4. The number of nitrogens with one attached hydrogen (secondary N) is 2. The second-order valence-corrected chi connectivity index (χ2v) is 8.89. The topological polar surface area (TPSA) is 84.5 Å². The van der Waals surface area contributed by atoms with Crippen LogP contribution < -0.4 is 14.8 Å². The van der Waals surface area contributed by atoms with Gasteiger partial charge >= 0.3 is 0 Å². The second kappa shape index (κ2) is 8.95. The van der Waals surface area contributed by atoms with E-state index in [-0.39, 0.29) is 15.5 Å². The first-order chi connectivity index (χ1) is 14.2. The van der Waals surface area contributed by atoms with Crippen LogP contribution in [0.25, 0.3) is 0 Å². The summed E-state index contributed by atoms with van der Waals surface area (Å²) >= 11 is 12.0. The smallest absolute Gasteiger partial charge is 0.262 e. The Bertz CT molecular complexity index is 1200. The molecule has 0 aliphatic rings. The molecule has 0 aliphatic heterocycles. The molecular weight excluding hydrogens is 447 g/mol. The van der Waals surface area contributed by atoms with Crippen molar-refractivity contribution in [1.82, 2.24) is 0 Å². The Kier molecular flexibility index (Phi) is 6.55. The molecular formula is C21H18Cl2N2O4S. The number of methoxy groups -OCH3 is 1. The van der Waals surface area contributed by atoms with E-state index in [1.807, 2.05) is 0 Å². The molecule has 1 amide bonds. The van der Waals surface area contributed by atoms with Crippen LogP contribution in [-0.2, 0) is 10.0 Å². The zero-order chi connectivity index (χ0) is 21.9. The maximum Gasteiger partial charge on any atom is 0.262 e. The summed E-state index contributed by atoms with van der Waals surface area (Å²) in [6, 6.07) is 15.6. The molecule has 156 valence electrons. The van der Waals surface area contributed by atoms with Crippen LogP contribution in [0, 0.1) is 6.92 Å². The lowest BCUT2D eigenvalue weighted by Gasteiger charge is -2.13. The zero-order valence-electron chi connectivity index (χ0n) is 16.1. The Balaban J connectivity index is 1.86. The van der Waals surface area contributed by atoms with E-state index in [9.17, 15) is 13.2 Å². The van der Waals surface area contributed by atoms with Crippen LogP contribution in [0.2, 0.25) is 10.0 Å². The third-order valence-electron chi connectivity index (χ3n) is 4.25. The Labute approximate surface area is 184 Å². The van der Waals surface area contributed by atoms with E-state index in [0.717, 1.165) is 0 Å². The number of rotatable bonds is 6. The normalized spacial score (nSPS) is 11.1. The molecule has 0 saturated carbocycles. The highest BCUT2D eigenvalue weighted by Gasteiger charge is 2.19. The van der Waals surface area contributed by atoms with Gasteiger partial charge in [-0.1, -0.05) is 29.3 Å². The Morgan fingerprint density at radius 3 is 2.27 bits per heavy atom. The Hall–Kier alpha value is -2.74. The minimum Gasteiger partial charge on any atom is -0.497 e. The minimum atomic E-state index is -3.89. The van der Waals surface area contributed by atoms with Gasteiger partial charge in [-0.2, -0.15) is 0 Å². The molecule has 0 heterocycles. The summed E-state index contributed by atoms with van der Waals surface area (Å²) in [6.07, 6.45) is 0. The number of amides is 1. The fourth-order valence-corrected chi connectivity index (χ4v) is 4.41. The van der Waals surface area contributed by atoms with Crippen molar-refractivity contribution >= 4 is 50.5 Å². The van der Waals surface area contributed by atoms with Gasteiger partial charge in [-0.15, -0.1) is 0 Å². The van der Waals surface area contributed by atoms with E-state index < -0.39 is 15.9 Å². The number of carbonyl (C=O) groups excluding carboxylic acids is 1. The van der Waals surface area contributed by atoms with Gasteiger partial charge in [-0.3, -0.25) is 9.52 Å². The second-order valence-electron chi connectivity index (χ2n) is 6.39. The third-order valence-corrected chi connectivity index (χ3v) is 6.34. The van der Waals surface area contributed by atoms with Crippen LogP contribution in [0.3, 0.4) is 0 Å². The SMILES string of the molecule is COc1ccc(NS(=O)(=O)c2cc(NC(=O)c3cc(Cl)ccc3Cl)ccc2C)cc1. The first-order valence-corrected chi connectivity index (χ1v) is 11.0. The van der Waals surface area contributed by atoms with Gasteiger partial charge in [0, 0.05) is 16.4 Å². The van der Waals surface area contributed by atoms with Crippen LogP contribution >= 0.6 is 23.2 Å². The fourth-order valence-electron chi connectivity index (χ4n) is 2.71. The van der Waals surface area contributed by atoms with Crippen molar-refractivity contribution in [2.75, 3.05) is 17.1 Å². The molecule has 0 radical (unpaired) electrons. The molecule has 0 bridgehead atoms. The number of sulfonamides is 1. The van der Waals surface area contributed by atoms with E-state index in [4.69, 9.17) is 27.9 Å². The lowest BCUT2D eigenvalue weighted by atomic mass is 10.2. The standard InChI is InChI=1S/C21H18Cl2N2O4S/c1-13-3-5-16(24-21(26)18-11-14(22)4-10-19(18)23)12-20(13)30(27,28)25-15-6-8-17(29-2)9-7-15/h3-12,25H,1-2H3,(H,24,26). The van der Waals surface area contributed by atoms with Gasteiger partial charge in [-0.25, -0.2) is 8.42 Å². The number of halogens is 2. The summed E-state index contributed by atoms with van der Waals surface area (Å²) in [5.74, 6) is 0.108. The molecule has 9 heteroatoms. The summed E-state index contributed by atoms with van der Waals surface area (Å²) in [6.45, 7) is 1.67. The summed E-state index contributed by atoms with van der Waals surface area (Å²) in [4.78, 5) is 12.6. The molecule has 3 aromatic carbocycles. The molecule has 3 aromatic rings. The summed E-state index contributed by atoms with van der Waals surface area (Å²) in [5.41, 5.74) is 1.40. The number of hydrogen-bond acceptors (Lipinski definition) is 4. The van der Waals surface area contributed by atoms with E-state index in [2.05, 4.69) is 10.0 Å². The molecule has 0 saturated heterocycles. The quantitative estimate of drug-likeness (QED) is 0.513. The van der Waals surface area contributed by atoms with Gasteiger partial charge in [0.25, 0.3) is 15.9 Å². The number of aryl methyl sites for hydroxylation is 1. The highest BCUT2D eigenvalue weighted by atomic mass is 35.5. The first kappa shape index (κ1) is 22.0. The Morgan fingerprint density at radius 2 is 1.60 bits per heavy atom. The molecule has 3 rings (SSSR count). The number of anilines is 2. The summed E-state index contributed by atoms with van der Waals surface area (Å²) in [7, 11) is -2.36. The molecule has 0 unspecified atom stereocenters. The van der Waals surface area contributed by atoms with Crippen molar-refractivity contribution in [2.45, 2.75) is 11.8 Å². The van der Waals surface area contributed by atoms with Gasteiger partial charge in [0.2, 0.25) is 0 Å². The molecule has 30 heavy (non-hydrogen) atoms. The number of hydrogen-bond donors (Lipinski definition) is 2. The van der Waals surface area contributed by atoms with Crippen molar-refractivity contribution in [3.63, 3.8) is 0 Å². The lowest BCUT2D eigenvalue weighted by Crippen LogP contribution is -2.16. The van der Waals surface area contributed by atoms with Crippen molar-refractivity contribution in [1.29, 1.82) is 0 Å². The molecule has 6 nitrogen and oxygen atoms in total. The van der Waals surface area contributed by atoms with Gasteiger partial charge in [0.1, 0.15) is 5.75 Å². The van der Waals surface area contributed by atoms with Crippen LogP contribution in [0.4, 0.5) is 11.4 Å². The third kappa shape index (κ3) is 5.05. The maximum atomic E-state index is 12.9. The van der Waals surface area contributed by atoms with Crippen molar-refractivity contribution < 1.29 is 17.9 Å². The van der Waals surface area contributed by atoms with E-state index in [1.165, 1.54) is 25.3 Å². The predicted octanol–water partition coefficient (Wildman–Crippen LogP) is 5.36. The molecule has 0 aliphatic carbocycles. The number of ether oxygens (including phenoxy) is 1. The molecule has 2 N–H and O–H groups in total. The lowest BCUT2D eigenvalue weighted by molar-refractivity contribution is 0.102. The van der Waals surface area contributed by atoms with Crippen LogP contribution in [0.5, 0.6) is 5.75 Å². The summed E-state index contributed by atoms with van der Waals surface area (Å²) in [5, 5.41) is 3.25. The van der Waals surface area contributed by atoms with Gasteiger partial charge in [0.05, 0.1) is 22.6 Å². The molecule has 0 aromatic heterocycles. The average Bonchev–Trinajstić information content (AvgIpc) is 2.71. The van der Waals surface area contributed by atoms with E-state index in [0.29, 0.717) is 27.7 Å². The van der Waals surface area contributed by atoms with Gasteiger partial charge < -0.3 is 10.1 Å². The van der Waals surface area contributed by atoms with Crippen LogP contribution in [0.1, 0.15) is 15.9 Å². The van der Waals surface area contributed by atoms with Crippen molar-refractivity contribution in [3.05, 3.63) is 81.8 Å². The van der Waals surface area contributed by atoms with Crippen molar-refractivity contribution in [3.8, 4) is 5.75 Å². The fraction of sp³-hybridized carbons (Fsp3) is 0.0952. The van der Waals surface area contributed by atoms with Crippen molar-refractivity contribution in [2.24, 2.45) is 0 Å². The zero-order valence-corrected chi connectivity index (χ0v) is 18.4. The average molecular weight is 465 g/mol. The van der Waals surface area contributed by atoms with Crippen LogP contribution in [0.15, 0.2) is 65.6 Å². The Morgan fingerprint density at radius 1 is 0.933 bits per heavy atom. The number of benzene rings is 3. The highest BCUT2D eigenvalue weighted by Crippen LogP contribution is 2.26.